The van der Waals surface area contributed by atoms with Gasteiger partial charge in [-0.1, -0.05) is 97.3 Å². The Morgan fingerprint density at radius 3 is 1.58 bits per heavy atom. The molecule has 0 saturated carbocycles. The van der Waals surface area contributed by atoms with E-state index >= 15 is 0 Å². The maximum atomic E-state index is 2.36. The van der Waals surface area contributed by atoms with Gasteiger partial charge in [0.05, 0.1) is 13.1 Å². The minimum atomic E-state index is 0. The number of aromatic nitrogens is 2. The highest BCUT2D eigenvalue weighted by Gasteiger charge is 2.02. The smallest absolute Gasteiger partial charge is 0.243 e. The number of nitrogens with zero attached hydrogens (tertiary/aromatic N) is 2. The number of hydrogen-bond acceptors (Lipinski definition) is 0. The fourth-order valence-electron chi connectivity index (χ4n) is 3.53. The highest BCUT2D eigenvalue weighted by molar-refractivity contribution is 4.65. The SMILES string of the molecule is CCCCCCCCCCCCCCCC[n+]1ccn(CCCC)c1.[Br-]. The van der Waals surface area contributed by atoms with E-state index in [1.165, 1.54) is 116 Å². The van der Waals surface area contributed by atoms with Crippen LogP contribution in [0.5, 0.6) is 0 Å². The summed E-state index contributed by atoms with van der Waals surface area (Å²) in [5.74, 6) is 0. The van der Waals surface area contributed by atoms with E-state index in [9.17, 15) is 0 Å². The highest BCUT2D eigenvalue weighted by atomic mass is 79.9. The van der Waals surface area contributed by atoms with Crippen molar-refractivity contribution in [1.82, 2.24) is 4.57 Å². The molecule has 0 atom stereocenters. The van der Waals surface area contributed by atoms with Gasteiger partial charge in [-0.05, 0) is 19.3 Å². The van der Waals surface area contributed by atoms with E-state index in [-0.39, 0.29) is 17.0 Å². The van der Waals surface area contributed by atoms with E-state index in [0.29, 0.717) is 0 Å². The van der Waals surface area contributed by atoms with E-state index in [0.717, 1.165) is 0 Å². The van der Waals surface area contributed by atoms with Crippen LogP contribution in [0.1, 0.15) is 117 Å². The van der Waals surface area contributed by atoms with E-state index in [2.05, 4.69) is 41.7 Å². The first-order valence-electron chi connectivity index (χ1n) is 11.4. The number of aryl methyl sites for hydroxylation is 2. The lowest BCUT2D eigenvalue weighted by Crippen LogP contribution is -3.00. The molecule has 0 aliphatic heterocycles. The normalized spacial score (nSPS) is 10.8. The van der Waals surface area contributed by atoms with Crippen molar-refractivity contribution >= 4 is 0 Å². The zero-order valence-corrected chi connectivity index (χ0v) is 19.3. The monoisotopic (exact) mass is 428 g/mol. The van der Waals surface area contributed by atoms with Crippen LogP contribution in [0.4, 0.5) is 0 Å². The first-order chi connectivity index (χ1) is 12.4. The Bertz CT molecular complexity index is 389. The van der Waals surface area contributed by atoms with Crippen molar-refractivity contribution in [3.05, 3.63) is 18.7 Å². The average molecular weight is 430 g/mol. The standard InChI is InChI=1S/C23H45N2.BrH/c1-3-5-7-8-9-10-11-12-13-14-15-16-17-18-20-25-22-21-24(23-25)19-6-4-2;/h21-23H,3-20H2,1-2H3;1H/q+1;/p-1. The molecule has 0 aliphatic carbocycles. The lowest BCUT2D eigenvalue weighted by molar-refractivity contribution is -0.696. The van der Waals surface area contributed by atoms with Gasteiger partial charge in [-0.25, -0.2) is 9.13 Å². The predicted molar refractivity (Wildman–Crippen MR) is 110 cm³/mol. The quantitative estimate of drug-likeness (QED) is 0.246. The molecule has 0 aliphatic rings. The number of rotatable bonds is 18. The molecule has 154 valence electrons. The van der Waals surface area contributed by atoms with E-state index in [1.807, 2.05) is 0 Å². The van der Waals surface area contributed by atoms with Crippen LogP contribution < -0.4 is 21.5 Å². The van der Waals surface area contributed by atoms with Gasteiger partial charge < -0.3 is 17.0 Å². The Morgan fingerprint density at radius 1 is 0.615 bits per heavy atom. The van der Waals surface area contributed by atoms with E-state index in [1.54, 1.807) is 0 Å². The molecule has 1 rings (SSSR count). The summed E-state index contributed by atoms with van der Waals surface area (Å²) >= 11 is 0. The third-order valence-corrected chi connectivity index (χ3v) is 5.29. The first kappa shape index (κ1) is 25.7. The van der Waals surface area contributed by atoms with Crippen molar-refractivity contribution in [2.45, 2.75) is 130 Å². The van der Waals surface area contributed by atoms with Crippen molar-refractivity contribution in [2.75, 3.05) is 0 Å². The largest absolute Gasteiger partial charge is 1.00 e. The number of imidazole rings is 1. The van der Waals surface area contributed by atoms with Gasteiger partial charge in [0.2, 0.25) is 6.33 Å². The summed E-state index contributed by atoms with van der Waals surface area (Å²) in [6.07, 6.45) is 29.4. The Hall–Kier alpha value is -0.310. The van der Waals surface area contributed by atoms with Crippen molar-refractivity contribution in [1.29, 1.82) is 0 Å². The lowest BCUT2D eigenvalue weighted by atomic mass is 10.0. The van der Waals surface area contributed by atoms with Gasteiger partial charge in [0.1, 0.15) is 12.4 Å². The van der Waals surface area contributed by atoms with Crippen LogP contribution in [0.15, 0.2) is 18.7 Å². The molecule has 0 fully saturated rings. The van der Waals surface area contributed by atoms with E-state index < -0.39 is 0 Å². The molecule has 0 bridgehead atoms. The van der Waals surface area contributed by atoms with Crippen molar-refractivity contribution in [2.24, 2.45) is 0 Å². The third-order valence-electron chi connectivity index (χ3n) is 5.29. The molecule has 0 unspecified atom stereocenters. The molecule has 0 saturated heterocycles. The maximum absolute atomic E-state index is 2.36. The molecule has 0 N–H and O–H groups in total. The Morgan fingerprint density at radius 2 is 1.08 bits per heavy atom. The van der Waals surface area contributed by atoms with Crippen LogP contribution >= 0.6 is 0 Å². The zero-order valence-electron chi connectivity index (χ0n) is 17.7. The maximum Gasteiger partial charge on any atom is 0.243 e. The number of unbranched alkanes of at least 4 members (excludes halogenated alkanes) is 14. The second-order valence-corrected chi connectivity index (χ2v) is 7.84. The zero-order chi connectivity index (χ0) is 18.0. The highest BCUT2D eigenvalue weighted by Crippen LogP contribution is 2.12. The van der Waals surface area contributed by atoms with Crippen LogP contribution in [-0.4, -0.2) is 4.57 Å². The molecule has 0 aromatic carbocycles. The summed E-state index contributed by atoms with van der Waals surface area (Å²) < 4.78 is 4.68. The second kappa shape index (κ2) is 19.5. The Balaban J connectivity index is 0.00000625. The van der Waals surface area contributed by atoms with Crippen LogP contribution in [0.3, 0.4) is 0 Å². The van der Waals surface area contributed by atoms with Crippen LogP contribution in [0, 0.1) is 0 Å². The minimum absolute atomic E-state index is 0. The molecule has 0 amide bonds. The summed E-state index contributed by atoms with van der Waals surface area (Å²) in [4.78, 5) is 0. The summed E-state index contributed by atoms with van der Waals surface area (Å²) in [7, 11) is 0. The fraction of sp³-hybridized carbons (Fsp3) is 0.870. The molecule has 2 nitrogen and oxygen atoms in total. The molecule has 0 spiro atoms. The van der Waals surface area contributed by atoms with Crippen molar-refractivity contribution in [3.8, 4) is 0 Å². The van der Waals surface area contributed by atoms with Crippen molar-refractivity contribution < 1.29 is 21.5 Å². The molecular weight excluding hydrogens is 384 g/mol. The Kier molecular flexibility index (Phi) is 19.2. The molecule has 26 heavy (non-hydrogen) atoms. The topological polar surface area (TPSA) is 8.81 Å². The van der Waals surface area contributed by atoms with Gasteiger partial charge in [-0.2, -0.15) is 0 Å². The average Bonchev–Trinajstić information content (AvgIpc) is 3.08. The van der Waals surface area contributed by atoms with E-state index in [4.69, 9.17) is 0 Å². The molecule has 1 aromatic rings. The third kappa shape index (κ3) is 14.8. The van der Waals surface area contributed by atoms with Gasteiger partial charge in [0.25, 0.3) is 0 Å². The summed E-state index contributed by atoms with van der Waals surface area (Å²) in [5, 5.41) is 0. The summed E-state index contributed by atoms with van der Waals surface area (Å²) in [6, 6.07) is 0. The van der Waals surface area contributed by atoms with Gasteiger partial charge in [-0.15, -0.1) is 0 Å². The molecular formula is C23H45BrN2. The molecule has 1 aromatic heterocycles. The summed E-state index contributed by atoms with van der Waals surface area (Å²) in [5.41, 5.74) is 0. The van der Waals surface area contributed by atoms with Gasteiger partial charge >= 0.3 is 0 Å². The molecule has 3 heteroatoms. The predicted octanol–water partition coefficient (Wildman–Crippen LogP) is 4.06. The summed E-state index contributed by atoms with van der Waals surface area (Å²) in [6.45, 7) is 6.91. The molecule has 1 heterocycles. The molecule has 0 radical (unpaired) electrons. The van der Waals surface area contributed by atoms with Crippen LogP contribution in [0.25, 0.3) is 0 Å². The lowest BCUT2D eigenvalue weighted by Gasteiger charge is -2.03. The fourth-order valence-corrected chi connectivity index (χ4v) is 3.53. The van der Waals surface area contributed by atoms with Crippen LogP contribution in [0.2, 0.25) is 0 Å². The Labute approximate surface area is 174 Å². The van der Waals surface area contributed by atoms with Gasteiger partial charge in [0, 0.05) is 0 Å². The van der Waals surface area contributed by atoms with Gasteiger partial charge in [0.15, 0.2) is 0 Å². The number of hydrogen-bond donors (Lipinski definition) is 0. The van der Waals surface area contributed by atoms with Gasteiger partial charge in [-0.3, -0.25) is 0 Å². The second-order valence-electron chi connectivity index (χ2n) is 7.84. The van der Waals surface area contributed by atoms with Crippen LogP contribution in [-0.2, 0) is 13.1 Å². The first-order valence-corrected chi connectivity index (χ1v) is 11.4. The minimum Gasteiger partial charge on any atom is -1.00 e. The van der Waals surface area contributed by atoms with Crippen molar-refractivity contribution in [3.63, 3.8) is 0 Å². The number of halogens is 1.